The van der Waals surface area contributed by atoms with Crippen molar-refractivity contribution >= 4 is 39.9 Å². The number of nitrogens with zero attached hydrogens (tertiary/aromatic N) is 2. The molecule has 0 fully saturated rings. The number of thiazole rings is 1. The minimum absolute atomic E-state index is 0.0700. The van der Waals surface area contributed by atoms with Crippen LogP contribution in [-0.4, -0.2) is 16.8 Å². The van der Waals surface area contributed by atoms with Gasteiger partial charge in [0.2, 0.25) is 0 Å². The lowest BCUT2D eigenvalue weighted by Crippen LogP contribution is -2.13. The minimum Gasteiger partial charge on any atom is -0.430 e. The molecule has 0 radical (unpaired) electrons. The molecule has 28 heavy (non-hydrogen) atoms. The molecule has 0 spiro atoms. The molecule has 2 amide bonds. The number of carbonyl (C=O) groups excluding carboxylic acids is 2. The molecule has 2 heterocycles. The zero-order valence-electron chi connectivity index (χ0n) is 15.7. The molecule has 1 aromatic carbocycles. The fourth-order valence-corrected chi connectivity index (χ4v) is 3.72. The predicted molar refractivity (Wildman–Crippen MR) is 108 cm³/mol. The molecule has 0 saturated heterocycles. The van der Waals surface area contributed by atoms with E-state index in [-0.39, 0.29) is 22.7 Å². The van der Waals surface area contributed by atoms with Gasteiger partial charge in [-0.05, 0) is 44.9 Å². The average molecular weight is 398 g/mol. The number of aryl methyl sites for hydroxylation is 4. The Morgan fingerprint density at radius 2 is 1.71 bits per heavy atom. The van der Waals surface area contributed by atoms with E-state index in [1.165, 1.54) is 12.1 Å². The summed E-state index contributed by atoms with van der Waals surface area (Å²) in [6, 6.07) is 6.63. The van der Waals surface area contributed by atoms with Crippen LogP contribution in [0.2, 0.25) is 0 Å². The first-order valence-corrected chi connectivity index (χ1v) is 9.21. The van der Waals surface area contributed by atoms with Crippen LogP contribution >= 0.6 is 11.3 Å². The van der Waals surface area contributed by atoms with Gasteiger partial charge in [-0.25, -0.2) is 4.98 Å². The van der Waals surface area contributed by atoms with Gasteiger partial charge in [0.25, 0.3) is 17.7 Å². The number of amides is 2. The number of rotatable bonds is 5. The first-order chi connectivity index (χ1) is 13.3. The zero-order valence-corrected chi connectivity index (χ0v) is 16.6. The predicted octanol–water partition coefficient (Wildman–Crippen LogP) is 4.87. The highest BCUT2D eigenvalue weighted by Crippen LogP contribution is 2.27. The van der Waals surface area contributed by atoms with E-state index in [1.54, 1.807) is 6.92 Å². The molecule has 0 atom stereocenters. The third-order valence-electron chi connectivity index (χ3n) is 4.04. The smallest absolute Gasteiger partial charge is 0.293 e. The van der Waals surface area contributed by atoms with Gasteiger partial charge in [-0.3, -0.25) is 14.9 Å². The normalized spacial score (nSPS) is 10.6. The summed E-state index contributed by atoms with van der Waals surface area (Å²) in [5.41, 5.74) is 4.32. The van der Waals surface area contributed by atoms with Gasteiger partial charge in [0.1, 0.15) is 4.88 Å². The number of hydrogen-bond donors (Lipinski definition) is 2. The van der Waals surface area contributed by atoms with E-state index in [1.807, 2.05) is 32.9 Å². The summed E-state index contributed by atoms with van der Waals surface area (Å²) in [5, 5.41) is 8.35. The van der Waals surface area contributed by atoms with Gasteiger partial charge >= 0.3 is 0 Å². The molecule has 9 heteroatoms. The van der Waals surface area contributed by atoms with Crippen LogP contribution in [0.5, 0.6) is 0 Å². The number of nitroso groups, excluding NO2 is 1. The largest absolute Gasteiger partial charge is 0.430 e. The third kappa shape index (κ3) is 3.99. The van der Waals surface area contributed by atoms with Crippen LogP contribution in [-0.2, 0) is 0 Å². The van der Waals surface area contributed by atoms with Crippen LogP contribution in [0.1, 0.15) is 42.6 Å². The van der Waals surface area contributed by atoms with Gasteiger partial charge in [-0.2, -0.15) is 0 Å². The van der Waals surface area contributed by atoms with Crippen molar-refractivity contribution in [3.63, 3.8) is 0 Å². The van der Waals surface area contributed by atoms with Crippen molar-refractivity contribution < 1.29 is 14.0 Å². The Morgan fingerprint density at radius 3 is 2.32 bits per heavy atom. The Balaban J connectivity index is 1.77. The second-order valence-electron chi connectivity index (χ2n) is 6.34. The molecular weight excluding hydrogens is 380 g/mol. The van der Waals surface area contributed by atoms with E-state index in [9.17, 15) is 14.5 Å². The number of furan rings is 1. The van der Waals surface area contributed by atoms with Gasteiger partial charge < -0.3 is 9.73 Å². The molecule has 2 aromatic heterocycles. The first kappa shape index (κ1) is 19.4. The number of hydrogen-bond acceptors (Lipinski definition) is 7. The highest BCUT2D eigenvalue weighted by atomic mass is 32.1. The molecule has 0 aliphatic carbocycles. The molecule has 144 valence electrons. The van der Waals surface area contributed by atoms with Crippen molar-refractivity contribution in [2.24, 2.45) is 5.18 Å². The Kier molecular flexibility index (Phi) is 5.36. The zero-order chi connectivity index (χ0) is 20.4. The topological polar surface area (TPSA) is 114 Å². The van der Waals surface area contributed by atoms with Crippen LogP contribution in [0, 0.1) is 32.6 Å². The van der Waals surface area contributed by atoms with Crippen molar-refractivity contribution in [2.45, 2.75) is 27.7 Å². The lowest BCUT2D eigenvalue weighted by molar-refractivity contribution is 0.0995. The van der Waals surface area contributed by atoms with Gasteiger partial charge in [0, 0.05) is 16.9 Å². The molecule has 0 aliphatic rings. The van der Waals surface area contributed by atoms with E-state index in [4.69, 9.17) is 4.42 Å². The summed E-state index contributed by atoms with van der Waals surface area (Å²) in [4.78, 5) is 39.9. The lowest BCUT2D eigenvalue weighted by Gasteiger charge is -2.12. The molecule has 0 bridgehead atoms. The molecule has 8 nitrogen and oxygen atoms in total. The highest BCUT2D eigenvalue weighted by Gasteiger charge is 2.20. The second-order valence-corrected chi connectivity index (χ2v) is 7.34. The SMILES string of the molecule is Cc1cc(C)c(NC(=O)c2sc(NC(=O)c3ccc(N=O)o3)nc2C)c(C)c1. The van der Waals surface area contributed by atoms with E-state index in [0.717, 1.165) is 33.7 Å². The minimum atomic E-state index is -0.583. The second kappa shape index (κ2) is 7.73. The van der Waals surface area contributed by atoms with Crippen LogP contribution in [0.15, 0.2) is 33.9 Å². The van der Waals surface area contributed by atoms with E-state index >= 15 is 0 Å². The van der Waals surface area contributed by atoms with E-state index < -0.39 is 5.91 Å². The lowest BCUT2D eigenvalue weighted by atomic mass is 10.1. The summed E-state index contributed by atoms with van der Waals surface area (Å²) in [6.45, 7) is 7.57. The maximum absolute atomic E-state index is 12.7. The standard InChI is InChI=1S/C19H18N4O4S/c1-9-7-10(2)15(11(3)8-9)21-18(25)16-12(4)20-19(28-16)22-17(24)13-5-6-14(23-26)27-13/h5-8H,1-4H3,(H,21,25)(H,20,22,24). The first-order valence-electron chi connectivity index (χ1n) is 8.39. The fraction of sp³-hybridized carbons (Fsp3) is 0.211. The molecule has 0 saturated carbocycles. The van der Waals surface area contributed by atoms with Crippen molar-refractivity contribution in [3.05, 3.63) is 62.2 Å². The number of carbonyl (C=O) groups is 2. The van der Waals surface area contributed by atoms with Crippen LogP contribution in [0.3, 0.4) is 0 Å². The summed E-state index contributed by atoms with van der Waals surface area (Å²) in [6.07, 6.45) is 0. The summed E-state index contributed by atoms with van der Waals surface area (Å²) < 4.78 is 4.97. The van der Waals surface area contributed by atoms with Gasteiger partial charge in [-0.15, -0.1) is 4.91 Å². The Labute approximate surface area is 165 Å². The molecular formula is C19H18N4O4S. The number of benzene rings is 1. The van der Waals surface area contributed by atoms with Gasteiger partial charge in [-0.1, -0.05) is 29.0 Å². The van der Waals surface area contributed by atoms with Crippen LogP contribution < -0.4 is 10.6 Å². The monoisotopic (exact) mass is 398 g/mol. The molecule has 2 N–H and O–H groups in total. The summed E-state index contributed by atoms with van der Waals surface area (Å²) >= 11 is 1.06. The maximum atomic E-state index is 12.7. The van der Waals surface area contributed by atoms with Crippen molar-refractivity contribution in [2.75, 3.05) is 10.6 Å². The highest BCUT2D eigenvalue weighted by molar-refractivity contribution is 7.17. The quantitative estimate of drug-likeness (QED) is 0.595. The Bertz CT molecular complexity index is 1060. The summed E-state index contributed by atoms with van der Waals surface area (Å²) in [5.74, 6) is -1.14. The summed E-state index contributed by atoms with van der Waals surface area (Å²) in [7, 11) is 0. The van der Waals surface area contributed by atoms with Crippen LogP contribution in [0.25, 0.3) is 0 Å². The van der Waals surface area contributed by atoms with Crippen molar-refractivity contribution in [1.82, 2.24) is 4.98 Å². The van der Waals surface area contributed by atoms with E-state index in [2.05, 4.69) is 20.8 Å². The van der Waals surface area contributed by atoms with Gasteiger partial charge in [0.15, 0.2) is 10.9 Å². The number of anilines is 2. The Hall–Kier alpha value is -3.33. The molecule has 3 rings (SSSR count). The average Bonchev–Trinajstić information content (AvgIpc) is 3.24. The Morgan fingerprint density at radius 1 is 1.04 bits per heavy atom. The van der Waals surface area contributed by atoms with Crippen LogP contribution in [0.4, 0.5) is 16.7 Å². The number of nitrogens with one attached hydrogen (secondary N) is 2. The maximum Gasteiger partial charge on any atom is 0.293 e. The molecule has 0 unspecified atom stereocenters. The van der Waals surface area contributed by atoms with Crippen molar-refractivity contribution in [3.8, 4) is 0 Å². The molecule has 0 aliphatic heterocycles. The number of aromatic nitrogens is 1. The van der Waals surface area contributed by atoms with Crippen molar-refractivity contribution in [1.29, 1.82) is 0 Å². The molecule has 3 aromatic rings. The third-order valence-corrected chi connectivity index (χ3v) is 5.12. The fourth-order valence-electron chi connectivity index (χ4n) is 2.87. The van der Waals surface area contributed by atoms with E-state index in [0.29, 0.717) is 10.6 Å². The van der Waals surface area contributed by atoms with Gasteiger partial charge in [0.05, 0.1) is 5.69 Å².